The van der Waals surface area contributed by atoms with E-state index in [1.165, 1.54) is 135 Å². The third-order valence-electron chi connectivity index (χ3n) is 13.2. The van der Waals surface area contributed by atoms with E-state index >= 15 is 0 Å². The molecule has 0 aromatic carbocycles. The first-order valence-electron chi connectivity index (χ1n) is 30.0. The van der Waals surface area contributed by atoms with Crippen molar-refractivity contribution < 1.29 is 38.0 Å². The van der Waals surface area contributed by atoms with Crippen molar-refractivity contribution in [2.75, 3.05) is 40.9 Å². The van der Waals surface area contributed by atoms with Gasteiger partial charge in [0.25, 0.3) is 7.82 Å². The van der Waals surface area contributed by atoms with Crippen molar-refractivity contribution in [2.45, 2.75) is 270 Å². The maximum absolute atomic E-state index is 13.0. The number of phosphoric ester groups is 1. The van der Waals surface area contributed by atoms with Crippen LogP contribution >= 0.6 is 7.82 Å². The van der Waals surface area contributed by atoms with Gasteiger partial charge in [0.05, 0.1) is 39.9 Å². The van der Waals surface area contributed by atoms with Crippen LogP contribution < -0.4 is 10.2 Å². The Kier molecular flexibility index (Phi) is 51.3. The quantitative estimate of drug-likeness (QED) is 0.0240. The lowest BCUT2D eigenvalue weighted by Crippen LogP contribution is -2.51. The fourth-order valence-corrected chi connectivity index (χ4v) is 9.20. The molecule has 424 valence electrons. The number of carbonyl (C=O) groups is 1. The molecule has 4 atom stereocenters. The molecule has 0 rings (SSSR count). The Morgan fingerprint density at radius 3 is 1.32 bits per heavy atom. The normalized spacial score (nSPS) is 14.9. The van der Waals surface area contributed by atoms with Gasteiger partial charge in [-0.2, -0.15) is 0 Å². The zero-order chi connectivity index (χ0) is 53.6. The van der Waals surface area contributed by atoms with E-state index in [-0.39, 0.29) is 18.9 Å². The first-order chi connectivity index (χ1) is 35.4. The second-order valence-corrected chi connectivity index (χ2v) is 22.9. The molecule has 0 heterocycles. The number of likely N-dealkylation sites (N-methyl/N-ethyl adjacent to an activating group) is 1. The lowest BCUT2D eigenvalue weighted by Gasteiger charge is -2.31. The number of hydrogen-bond donors (Lipinski definition) is 3. The summed E-state index contributed by atoms with van der Waals surface area (Å²) in [5.41, 5.74) is 0. The number of unbranched alkanes of at least 4 members (excludes halogenated alkanes) is 26. The van der Waals surface area contributed by atoms with Crippen LogP contribution in [0.5, 0.6) is 0 Å². The molecule has 10 heteroatoms. The van der Waals surface area contributed by atoms with Crippen molar-refractivity contribution in [3.05, 3.63) is 85.1 Å². The van der Waals surface area contributed by atoms with Gasteiger partial charge in [-0.25, -0.2) is 0 Å². The number of carbonyl (C=O) groups excluding carboxylic acids is 1. The van der Waals surface area contributed by atoms with E-state index in [1.54, 1.807) is 0 Å². The largest absolute Gasteiger partial charge is 0.756 e. The van der Waals surface area contributed by atoms with Crippen LogP contribution in [0.4, 0.5) is 0 Å². The van der Waals surface area contributed by atoms with Gasteiger partial charge < -0.3 is 34.0 Å². The van der Waals surface area contributed by atoms with Gasteiger partial charge in [0.2, 0.25) is 5.91 Å². The van der Waals surface area contributed by atoms with Gasteiger partial charge in [-0.1, -0.05) is 234 Å². The van der Waals surface area contributed by atoms with Gasteiger partial charge in [0.1, 0.15) is 19.3 Å². The Morgan fingerprint density at radius 1 is 0.507 bits per heavy atom. The number of aliphatic hydroxyl groups is 2. The molecule has 0 aromatic heterocycles. The SMILES string of the molecule is CC/C=C\C/C=C\C/C=C\C/C=C\C/C=C\CCCCCCCCCCCCCCCCCCCCCCCC(=O)NC(COP(=O)([O-])OCC[N+](C)(C)C)C(O)C(O)CCC/C=C/CC/C=C/CCCCC. The number of allylic oxidation sites excluding steroid dienone is 14. The van der Waals surface area contributed by atoms with Crippen LogP contribution in [-0.2, 0) is 18.4 Å². The molecule has 1 amide bonds. The van der Waals surface area contributed by atoms with E-state index in [9.17, 15) is 24.5 Å². The number of nitrogens with zero attached hydrogens (tertiary/aromatic N) is 1. The predicted molar refractivity (Wildman–Crippen MR) is 313 cm³/mol. The minimum absolute atomic E-state index is 0.0501. The minimum Gasteiger partial charge on any atom is -0.756 e. The maximum atomic E-state index is 13.0. The van der Waals surface area contributed by atoms with Crippen molar-refractivity contribution in [3.8, 4) is 0 Å². The third-order valence-corrected chi connectivity index (χ3v) is 14.2. The van der Waals surface area contributed by atoms with Gasteiger partial charge in [0, 0.05) is 6.42 Å². The summed E-state index contributed by atoms with van der Waals surface area (Å²) < 4.78 is 23.2. The van der Waals surface area contributed by atoms with Gasteiger partial charge in [-0.3, -0.25) is 9.36 Å². The van der Waals surface area contributed by atoms with Crippen LogP contribution in [-0.4, -0.2) is 79.8 Å². The smallest absolute Gasteiger partial charge is 0.268 e. The molecule has 9 nitrogen and oxygen atoms in total. The Labute approximate surface area is 450 Å². The summed E-state index contributed by atoms with van der Waals surface area (Å²) in [6.45, 7) is 4.27. The second kappa shape index (κ2) is 53.1. The summed E-state index contributed by atoms with van der Waals surface area (Å²) >= 11 is 0. The topological polar surface area (TPSA) is 128 Å². The zero-order valence-corrected chi connectivity index (χ0v) is 48.8. The minimum atomic E-state index is -4.68. The molecular formula is C63H115N2O7P. The molecule has 0 aliphatic carbocycles. The number of hydrogen-bond acceptors (Lipinski definition) is 7. The monoisotopic (exact) mass is 1040 g/mol. The Balaban J connectivity index is 4.03. The molecule has 0 spiro atoms. The molecule has 0 bridgehead atoms. The number of aliphatic hydroxyl groups excluding tert-OH is 2. The van der Waals surface area contributed by atoms with E-state index in [4.69, 9.17) is 9.05 Å². The Morgan fingerprint density at radius 2 is 0.877 bits per heavy atom. The van der Waals surface area contributed by atoms with Gasteiger partial charge >= 0.3 is 0 Å². The highest BCUT2D eigenvalue weighted by Crippen LogP contribution is 2.38. The molecule has 0 aliphatic rings. The van der Waals surface area contributed by atoms with Crippen LogP contribution in [0.3, 0.4) is 0 Å². The van der Waals surface area contributed by atoms with E-state index in [1.807, 2.05) is 21.1 Å². The molecule has 0 saturated heterocycles. The molecule has 3 N–H and O–H groups in total. The number of phosphoric acid groups is 1. The summed E-state index contributed by atoms with van der Waals surface area (Å²) in [5, 5.41) is 24.7. The summed E-state index contributed by atoms with van der Waals surface area (Å²) in [6.07, 6.45) is 71.1. The van der Waals surface area contributed by atoms with Crippen LogP contribution in [0, 0.1) is 0 Å². The zero-order valence-electron chi connectivity index (χ0n) is 47.9. The number of amides is 1. The average Bonchev–Trinajstić information content (AvgIpc) is 3.35. The third kappa shape index (κ3) is 54.2. The summed E-state index contributed by atoms with van der Waals surface area (Å²) in [6, 6.07) is -1.10. The van der Waals surface area contributed by atoms with Crippen LogP contribution in [0.15, 0.2) is 85.1 Å². The van der Waals surface area contributed by atoms with Crippen LogP contribution in [0.1, 0.15) is 251 Å². The van der Waals surface area contributed by atoms with E-state index < -0.39 is 32.7 Å². The van der Waals surface area contributed by atoms with E-state index in [2.05, 4.69) is 104 Å². The number of quaternary nitrogens is 1. The molecule has 4 unspecified atom stereocenters. The molecule has 73 heavy (non-hydrogen) atoms. The standard InChI is InChI=1S/C63H115N2O7P/c1-6-8-10-12-14-16-18-20-21-22-23-24-25-26-27-28-29-30-31-32-33-34-35-36-37-38-39-40-41-42-43-44-46-48-50-52-54-56-62(67)64-60(59-72-73(69,70)71-58-57-65(3,4)5)63(68)61(66)55-53-51-49-47-45-19-17-15-13-11-9-7-2/h8,10,14-17,20-21,23-24,26-27,47,49,60-61,63,66,68H,6-7,9,11-13,18-19,22,25,28-46,48,50-59H2,1-5H3,(H-,64,67,69,70)/b10-8-,16-14-,17-15+,21-20-,24-23-,27-26-,49-47+. The van der Waals surface area contributed by atoms with Crippen molar-refractivity contribution in [1.29, 1.82) is 0 Å². The van der Waals surface area contributed by atoms with Gasteiger partial charge in [0.15, 0.2) is 0 Å². The molecule has 0 saturated carbocycles. The summed E-state index contributed by atoms with van der Waals surface area (Å²) in [7, 11) is 1.10. The summed E-state index contributed by atoms with van der Waals surface area (Å²) in [4.78, 5) is 25.5. The van der Waals surface area contributed by atoms with Crippen molar-refractivity contribution in [1.82, 2.24) is 5.32 Å². The fraction of sp³-hybridized carbons (Fsp3) is 0.762. The average molecular weight is 1040 g/mol. The molecule has 0 radical (unpaired) electrons. The predicted octanol–water partition coefficient (Wildman–Crippen LogP) is 16.8. The van der Waals surface area contributed by atoms with Gasteiger partial charge in [-0.05, 0) is 96.3 Å². The van der Waals surface area contributed by atoms with E-state index in [0.29, 0.717) is 30.3 Å². The molecule has 0 fully saturated rings. The van der Waals surface area contributed by atoms with Crippen molar-refractivity contribution >= 4 is 13.7 Å². The fourth-order valence-electron chi connectivity index (χ4n) is 8.47. The van der Waals surface area contributed by atoms with E-state index in [0.717, 1.165) is 77.0 Å². The van der Waals surface area contributed by atoms with Gasteiger partial charge in [-0.15, -0.1) is 0 Å². The Bertz CT molecular complexity index is 1480. The van der Waals surface area contributed by atoms with Crippen LogP contribution in [0.2, 0.25) is 0 Å². The highest BCUT2D eigenvalue weighted by molar-refractivity contribution is 7.45. The highest BCUT2D eigenvalue weighted by Gasteiger charge is 2.29. The second-order valence-electron chi connectivity index (χ2n) is 21.4. The molecular weight excluding hydrogens is 928 g/mol. The van der Waals surface area contributed by atoms with Crippen molar-refractivity contribution in [2.24, 2.45) is 0 Å². The number of rotatable bonds is 54. The lowest BCUT2D eigenvalue weighted by atomic mass is 10.0. The van der Waals surface area contributed by atoms with Crippen LogP contribution in [0.25, 0.3) is 0 Å². The Hall–Kier alpha value is -2.36. The van der Waals surface area contributed by atoms with Crippen molar-refractivity contribution in [3.63, 3.8) is 0 Å². The lowest BCUT2D eigenvalue weighted by molar-refractivity contribution is -0.870. The summed E-state index contributed by atoms with van der Waals surface area (Å²) in [5.74, 6) is -0.292. The first kappa shape index (κ1) is 70.6. The first-order valence-corrected chi connectivity index (χ1v) is 31.5. The molecule has 0 aliphatic heterocycles. The molecule has 0 aromatic rings. The maximum Gasteiger partial charge on any atom is 0.268 e. The highest BCUT2D eigenvalue weighted by atomic mass is 31.2. The number of nitrogens with one attached hydrogen (secondary N) is 1.